The Morgan fingerprint density at radius 3 is 1.38 bits per heavy atom. The van der Waals surface area contributed by atoms with Crippen LogP contribution in [-0.2, 0) is 9.53 Å². The normalized spacial score (nSPS) is 16.0. The van der Waals surface area contributed by atoms with E-state index in [1.807, 2.05) is 0 Å². The molecule has 0 amide bonds. The van der Waals surface area contributed by atoms with Crippen LogP contribution in [0.4, 0.5) is 65.9 Å². The number of carbonyl (C=O) groups is 1. The number of halogens is 15. The molecule has 0 spiro atoms. The highest BCUT2D eigenvalue weighted by molar-refractivity contribution is 5.87. The molecule has 0 aromatic carbocycles. The molecule has 1 unspecified atom stereocenters. The molecule has 2 nitrogen and oxygen atoms in total. The minimum Gasteiger partial charge on any atom is -0.459 e. The second-order valence-corrected chi connectivity index (χ2v) is 7.72. The van der Waals surface area contributed by atoms with Crippen LogP contribution in [0.5, 0.6) is 0 Å². The molecular weight excluding hydrogens is 521 g/mol. The van der Waals surface area contributed by atoms with Gasteiger partial charge < -0.3 is 4.74 Å². The van der Waals surface area contributed by atoms with Crippen molar-refractivity contribution in [2.45, 2.75) is 81.4 Å². The van der Waals surface area contributed by atoms with Crippen LogP contribution < -0.4 is 0 Å². The van der Waals surface area contributed by atoms with Gasteiger partial charge in [0.25, 0.3) is 0 Å². The average Bonchev–Trinajstić information content (AvgIpc) is 2.58. The summed E-state index contributed by atoms with van der Waals surface area (Å²) in [7, 11) is 0. The maximum atomic E-state index is 14.1. The summed E-state index contributed by atoms with van der Waals surface area (Å²) in [5.41, 5.74) is -0.519. The van der Waals surface area contributed by atoms with Crippen molar-refractivity contribution in [2.75, 3.05) is 0 Å². The van der Waals surface area contributed by atoms with Crippen LogP contribution in [0.25, 0.3) is 0 Å². The Bertz CT molecular complexity index is 753. The number of esters is 1. The SMILES string of the molecule is C=C(C)C(=O)OC(CC(C)C)CC(F)(F)C(F)(F)C(F)(F)C(F)(F)C(F)(F)C(F)(F)C(F)(F)F. The zero-order valence-corrected chi connectivity index (χ0v) is 17.3. The molecule has 0 aromatic rings. The lowest BCUT2D eigenvalue weighted by Crippen LogP contribution is -2.72. The van der Waals surface area contributed by atoms with E-state index in [1.165, 1.54) is 13.8 Å². The van der Waals surface area contributed by atoms with Gasteiger partial charge in [-0.15, -0.1) is 0 Å². The summed E-state index contributed by atoms with van der Waals surface area (Å²) in [5.74, 6) is -49.3. The van der Waals surface area contributed by atoms with Gasteiger partial charge in [0, 0.05) is 5.57 Å². The molecule has 0 saturated heterocycles. The Kier molecular flexibility index (Phi) is 8.81. The van der Waals surface area contributed by atoms with Gasteiger partial charge in [-0.05, 0) is 19.3 Å². The summed E-state index contributed by atoms with van der Waals surface area (Å²) in [6.07, 6.45) is -13.6. The third-order valence-corrected chi connectivity index (χ3v) is 4.23. The average molecular weight is 538 g/mol. The smallest absolute Gasteiger partial charge is 0.459 e. The first-order valence-electron chi connectivity index (χ1n) is 8.82. The molecule has 0 radical (unpaired) electrons. The monoisotopic (exact) mass is 538 g/mol. The lowest BCUT2D eigenvalue weighted by molar-refractivity contribution is -0.453. The van der Waals surface area contributed by atoms with Gasteiger partial charge in [-0.3, -0.25) is 0 Å². The maximum absolute atomic E-state index is 14.1. The minimum atomic E-state index is -8.35. The van der Waals surface area contributed by atoms with E-state index in [9.17, 15) is 70.7 Å². The van der Waals surface area contributed by atoms with Crippen molar-refractivity contribution in [2.24, 2.45) is 5.92 Å². The number of hydrogen-bond acceptors (Lipinski definition) is 2. The van der Waals surface area contributed by atoms with Crippen LogP contribution in [0.3, 0.4) is 0 Å². The molecule has 0 aromatic heterocycles. The molecule has 17 heteroatoms. The third kappa shape index (κ3) is 5.36. The van der Waals surface area contributed by atoms with Gasteiger partial charge in [0.15, 0.2) is 0 Å². The number of carbonyl (C=O) groups excluding carboxylic acids is 1. The van der Waals surface area contributed by atoms with Crippen molar-refractivity contribution in [3.63, 3.8) is 0 Å². The lowest BCUT2D eigenvalue weighted by Gasteiger charge is -2.42. The lowest BCUT2D eigenvalue weighted by atomic mass is 9.88. The fraction of sp³-hybridized carbons (Fsp3) is 0.824. The fourth-order valence-corrected chi connectivity index (χ4v) is 2.36. The Morgan fingerprint density at radius 2 is 1.06 bits per heavy atom. The summed E-state index contributed by atoms with van der Waals surface area (Å²) < 4.78 is 203. The fourth-order valence-electron chi connectivity index (χ4n) is 2.36. The highest BCUT2D eigenvalue weighted by atomic mass is 19.4. The Balaban J connectivity index is 6.47. The molecule has 0 fully saturated rings. The summed E-state index contributed by atoms with van der Waals surface area (Å²) in [5, 5.41) is 0. The van der Waals surface area contributed by atoms with E-state index in [0.717, 1.165) is 6.92 Å². The van der Waals surface area contributed by atoms with E-state index < -0.39 is 78.1 Å². The zero-order chi connectivity index (χ0) is 27.9. The minimum absolute atomic E-state index is 0.519. The number of alkyl halides is 15. The molecule has 0 aliphatic rings. The highest BCUT2D eigenvalue weighted by Gasteiger charge is 2.93. The second kappa shape index (κ2) is 9.32. The van der Waals surface area contributed by atoms with Gasteiger partial charge in [0.2, 0.25) is 0 Å². The zero-order valence-electron chi connectivity index (χ0n) is 17.3. The highest BCUT2D eigenvalue weighted by Crippen LogP contribution is 2.62. The van der Waals surface area contributed by atoms with E-state index >= 15 is 0 Å². The molecule has 202 valence electrons. The summed E-state index contributed by atoms with van der Waals surface area (Å²) in [4.78, 5) is 11.5. The standard InChI is InChI=1S/C17H17F15O2/c1-7(2)5-9(34-10(33)8(3)4)6-11(18,19)12(20,21)13(22,23)14(24,25)15(26,27)16(28,29)17(30,31)32/h7,9H,3,5-6H2,1-2,4H3. The maximum Gasteiger partial charge on any atom is 0.460 e. The Labute approximate surface area is 182 Å². The molecule has 0 rings (SSSR count). The largest absolute Gasteiger partial charge is 0.460 e. The van der Waals surface area contributed by atoms with Crippen molar-refractivity contribution < 1.29 is 75.4 Å². The van der Waals surface area contributed by atoms with Gasteiger partial charge in [0.1, 0.15) is 6.10 Å². The Hall–Kier alpha value is -1.84. The number of hydrogen-bond donors (Lipinski definition) is 0. The van der Waals surface area contributed by atoms with Gasteiger partial charge in [-0.2, -0.15) is 65.9 Å². The van der Waals surface area contributed by atoms with E-state index in [-0.39, 0.29) is 0 Å². The first-order chi connectivity index (χ1) is 14.6. The molecule has 0 N–H and O–H groups in total. The van der Waals surface area contributed by atoms with Crippen molar-refractivity contribution in [1.82, 2.24) is 0 Å². The number of ether oxygens (including phenoxy) is 1. The van der Waals surface area contributed by atoms with Crippen LogP contribution in [0, 0.1) is 5.92 Å². The predicted molar refractivity (Wildman–Crippen MR) is 84.5 cm³/mol. The molecule has 0 bridgehead atoms. The van der Waals surface area contributed by atoms with Crippen LogP contribution in [0.2, 0.25) is 0 Å². The molecule has 0 heterocycles. The first kappa shape index (κ1) is 32.2. The summed E-state index contributed by atoms with van der Waals surface area (Å²) in [6.45, 7) is 6.35. The second-order valence-electron chi connectivity index (χ2n) is 7.72. The quantitative estimate of drug-likeness (QED) is 0.157. The first-order valence-corrected chi connectivity index (χ1v) is 8.82. The summed E-state index contributed by atoms with van der Waals surface area (Å²) >= 11 is 0. The molecular formula is C17H17F15O2. The van der Waals surface area contributed by atoms with E-state index in [4.69, 9.17) is 0 Å². The van der Waals surface area contributed by atoms with Crippen LogP contribution in [-0.4, -0.2) is 53.8 Å². The van der Waals surface area contributed by atoms with Crippen LogP contribution in [0.15, 0.2) is 12.2 Å². The predicted octanol–water partition coefficient (Wildman–Crippen LogP) is 7.28. The van der Waals surface area contributed by atoms with Crippen molar-refractivity contribution >= 4 is 5.97 Å². The topological polar surface area (TPSA) is 26.3 Å². The molecule has 0 aliphatic heterocycles. The van der Waals surface area contributed by atoms with Gasteiger partial charge in [0.05, 0.1) is 6.42 Å². The van der Waals surface area contributed by atoms with Crippen molar-refractivity contribution in [3.05, 3.63) is 12.2 Å². The van der Waals surface area contributed by atoms with Crippen molar-refractivity contribution in [1.29, 1.82) is 0 Å². The summed E-state index contributed by atoms with van der Waals surface area (Å²) in [6, 6.07) is 0. The van der Waals surface area contributed by atoms with E-state index in [1.54, 1.807) is 0 Å². The van der Waals surface area contributed by atoms with E-state index in [2.05, 4.69) is 11.3 Å². The molecule has 34 heavy (non-hydrogen) atoms. The molecule has 0 aliphatic carbocycles. The number of rotatable bonds is 11. The van der Waals surface area contributed by atoms with Gasteiger partial charge in [-0.25, -0.2) is 4.79 Å². The Morgan fingerprint density at radius 1 is 0.706 bits per heavy atom. The third-order valence-electron chi connectivity index (χ3n) is 4.23. The van der Waals surface area contributed by atoms with Crippen LogP contribution >= 0.6 is 0 Å². The van der Waals surface area contributed by atoms with Crippen molar-refractivity contribution in [3.8, 4) is 0 Å². The van der Waals surface area contributed by atoms with Gasteiger partial charge >= 0.3 is 47.7 Å². The molecule has 1 atom stereocenters. The van der Waals surface area contributed by atoms with Gasteiger partial charge in [-0.1, -0.05) is 20.4 Å². The van der Waals surface area contributed by atoms with E-state index in [0.29, 0.717) is 0 Å². The molecule has 0 saturated carbocycles. The van der Waals surface area contributed by atoms with Crippen LogP contribution in [0.1, 0.15) is 33.6 Å².